The number of sulfonamides is 1. The van der Waals surface area contributed by atoms with E-state index in [-0.39, 0.29) is 29.5 Å². The van der Waals surface area contributed by atoms with Gasteiger partial charge in [-0.3, -0.25) is 9.48 Å². The number of hydrogen-bond acceptors (Lipinski definition) is 5. The van der Waals surface area contributed by atoms with Gasteiger partial charge in [0.2, 0.25) is 15.9 Å². The highest BCUT2D eigenvalue weighted by molar-refractivity contribution is 7.89. The maximum absolute atomic E-state index is 12.4. The van der Waals surface area contributed by atoms with Crippen LogP contribution in [0.5, 0.6) is 0 Å². The summed E-state index contributed by atoms with van der Waals surface area (Å²) in [7, 11) is -4.09. The molecule has 0 unspecified atom stereocenters. The summed E-state index contributed by atoms with van der Waals surface area (Å²) in [6, 6.07) is 11.4. The Kier molecular flexibility index (Phi) is 6.51. The summed E-state index contributed by atoms with van der Waals surface area (Å²) in [5.41, 5.74) is 0.815. The van der Waals surface area contributed by atoms with E-state index in [1.807, 2.05) is 0 Å². The third-order valence-electron chi connectivity index (χ3n) is 4.37. The predicted octanol–water partition coefficient (Wildman–Crippen LogP) is 2.80. The molecule has 0 fully saturated rings. The van der Waals surface area contributed by atoms with Crippen LogP contribution in [-0.4, -0.2) is 34.8 Å². The molecule has 4 N–H and O–H groups in total. The zero-order valence-electron chi connectivity index (χ0n) is 17.0. The van der Waals surface area contributed by atoms with E-state index in [2.05, 4.69) is 10.4 Å². The molecule has 0 aliphatic rings. The summed E-state index contributed by atoms with van der Waals surface area (Å²) in [6.07, 6.45) is 3.15. The average molecular weight is 463 g/mol. The van der Waals surface area contributed by atoms with Crippen LogP contribution in [0.4, 0.5) is 5.69 Å². The van der Waals surface area contributed by atoms with E-state index in [0.717, 1.165) is 0 Å². The first-order chi connectivity index (χ1) is 14.4. The summed E-state index contributed by atoms with van der Waals surface area (Å²) in [5, 5.41) is 22.7. The molecule has 2 aromatic carbocycles. The minimum atomic E-state index is -4.09. The number of nitrogens with zero attached hydrogens (tertiary/aromatic N) is 2. The number of amides is 1. The van der Waals surface area contributed by atoms with Gasteiger partial charge in [-0.05, 0) is 37.6 Å². The first-order valence-corrected chi connectivity index (χ1v) is 11.3. The lowest BCUT2D eigenvalue weighted by molar-refractivity contribution is -0.115. The van der Waals surface area contributed by atoms with Crippen molar-refractivity contribution < 1.29 is 18.3 Å². The van der Waals surface area contributed by atoms with Crippen molar-refractivity contribution in [3.05, 3.63) is 65.4 Å². The van der Waals surface area contributed by atoms with Crippen LogP contribution in [0.1, 0.15) is 19.4 Å². The van der Waals surface area contributed by atoms with E-state index in [4.69, 9.17) is 16.7 Å². The van der Waals surface area contributed by atoms with Crippen molar-refractivity contribution in [3.63, 3.8) is 0 Å². The molecule has 0 atom stereocenters. The van der Waals surface area contributed by atoms with Gasteiger partial charge in [-0.2, -0.15) is 5.10 Å². The second kappa shape index (κ2) is 8.80. The van der Waals surface area contributed by atoms with E-state index < -0.39 is 15.6 Å². The van der Waals surface area contributed by atoms with Gasteiger partial charge in [0.05, 0.1) is 29.7 Å². The summed E-state index contributed by atoms with van der Waals surface area (Å²) in [4.78, 5) is 12.3. The third-order valence-corrected chi connectivity index (χ3v) is 5.69. The van der Waals surface area contributed by atoms with E-state index in [1.165, 1.54) is 16.9 Å². The zero-order chi connectivity index (χ0) is 22.8. The molecule has 164 valence electrons. The van der Waals surface area contributed by atoms with Gasteiger partial charge in [0.25, 0.3) is 0 Å². The van der Waals surface area contributed by atoms with Crippen molar-refractivity contribution in [2.24, 2.45) is 5.14 Å². The Labute approximate surface area is 185 Å². The summed E-state index contributed by atoms with van der Waals surface area (Å²) < 4.78 is 25.9. The van der Waals surface area contributed by atoms with Crippen molar-refractivity contribution in [3.8, 4) is 11.1 Å². The second-order valence-electron chi connectivity index (χ2n) is 7.81. The number of benzene rings is 2. The Hall–Kier alpha value is -2.72. The van der Waals surface area contributed by atoms with Crippen LogP contribution in [0.15, 0.2) is 59.8 Å². The van der Waals surface area contributed by atoms with Crippen LogP contribution in [0, 0.1) is 0 Å². The van der Waals surface area contributed by atoms with E-state index >= 15 is 0 Å². The van der Waals surface area contributed by atoms with Crippen LogP contribution < -0.4 is 10.5 Å². The molecular formula is C21H23ClN4O4S. The van der Waals surface area contributed by atoms with Crippen LogP contribution in [0.2, 0.25) is 5.02 Å². The number of nitrogens with two attached hydrogens (primary N) is 1. The molecule has 0 radical (unpaired) electrons. The van der Waals surface area contributed by atoms with Gasteiger partial charge in [-0.25, -0.2) is 13.6 Å². The molecule has 0 saturated heterocycles. The zero-order valence-corrected chi connectivity index (χ0v) is 18.6. The summed E-state index contributed by atoms with van der Waals surface area (Å²) in [6.45, 7) is 3.52. The standard InChI is InChI=1S/C21H23ClN4O4S/c1-21(2,28)13-26-12-15(11-24-26)17-8-7-16(10-19(17)31(23,29)30)25-20(27)9-14-5-3-4-6-18(14)22/h3-8,10-12,28H,9,13H2,1-2H3,(H,25,27)(H2,23,29,30). The summed E-state index contributed by atoms with van der Waals surface area (Å²) >= 11 is 6.09. The van der Waals surface area contributed by atoms with Crippen LogP contribution >= 0.6 is 11.6 Å². The topological polar surface area (TPSA) is 127 Å². The molecular weight excluding hydrogens is 440 g/mol. The molecule has 0 aliphatic heterocycles. The SMILES string of the molecule is CC(C)(O)Cn1cc(-c2ccc(NC(=O)Cc3ccccc3Cl)cc2S(N)(=O)=O)cn1. The fourth-order valence-electron chi connectivity index (χ4n) is 3.08. The van der Waals surface area contributed by atoms with Crippen molar-refractivity contribution in [1.29, 1.82) is 0 Å². The maximum Gasteiger partial charge on any atom is 0.238 e. The lowest BCUT2D eigenvalue weighted by Gasteiger charge is -2.16. The molecule has 0 saturated carbocycles. The monoisotopic (exact) mass is 462 g/mol. The Morgan fingerprint density at radius 1 is 1.26 bits per heavy atom. The highest BCUT2D eigenvalue weighted by Crippen LogP contribution is 2.29. The van der Waals surface area contributed by atoms with Crippen molar-refractivity contribution in [2.75, 3.05) is 5.32 Å². The Morgan fingerprint density at radius 2 is 1.97 bits per heavy atom. The largest absolute Gasteiger partial charge is 0.389 e. The van der Waals surface area contributed by atoms with Crippen molar-refractivity contribution in [1.82, 2.24) is 9.78 Å². The number of hydrogen-bond donors (Lipinski definition) is 3. The number of anilines is 1. The van der Waals surface area contributed by atoms with E-state index in [1.54, 1.807) is 56.4 Å². The predicted molar refractivity (Wildman–Crippen MR) is 119 cm³/mol. The molecule has 3 rings (SSSR count). The number of carbonyl (C=O) groups is 1. The number of rotatable bonds is 7. The average Bonchev–Trinajstić information content (AvgIpc) is 3.09. The smallest absolute Gasteiger partial charge is 0.238 e. The number of halogens is 1. The van der Waals surface area contributed by atoms with Crippen LogP contribution in [-0.2, 0) is 27.8 Å². The molecule has 31 heavy (non-hydrogen) atoms. The minimum Gasteiger partial charge on any atom is -0.389 e. The van der Waals surface area contributed by atoms with Gasteiger partial charge in [0.15, 0.2) is 0 Å². The van der Waals surface area contributed by atoms with Crippen LogP contribution in [0.3, 0.4) is 0 Å². The molecule has 0 aliphatic carbocycles. The molecule has 3 aromatic rings. The number of nitrogens with one attached hydrogen (secondary N) is 1. The highest BCUT2D eigenvalue weighted by Gasteiger charge is 2.20. The molecule has 1 aromatic heterocycles. The van der Waals surface area contributed by atoms with Gasteiger partial charge < -0.3 is 10.4 Å². The quantitative estimate of drug-likeness (QED) is 0.497. The van der Waals surface area contributed by atoms with Crippen LogP contribution in [0.25, 0.3) is 11.1 Å². The Balaban J connectivity index is 1.87. The van der Waals surface area contributed by atoms with E-state index in [0.29, 0.717) is 21.7 Å². The van der Waals surface area contributed by atoms with Gasteiger partial charge >= 0.3 is 0 Å². The van der Waals surface area contributed by atoms with Gasteiger partial charge in [0, 0.05) is 28.0 Å². The molecule has 8 nitrogen and oxygen atoms in total. The highest BCUT2D eigenvalue weighted by atomic mass is 35.5. The lowest BCUT2D eigenvalue weighted by atomic mass is 10.1. The molecule has 1 amide bonds. The van der Waals surface area contributed by atoms with Gasteiger partial charge in [0.1, 0.15) is 0 Å². The minimum absolute atomic E-state index is 0.0375. The fraction of sp³-hybridized carbons (Fsp3) is 0.238. The second-order valence-corrected chi connectivity index (χ2v) is 9.75. The van der Waals surface area contributed by atoms with Gasteiger partial charge in [-0.15, -0.1) is 0 Å². The third kappa shape index (κ3) is 6.14. The maximum atomic E-state index is 12.4. The molecule has 0 bridgehead atoms. The number of carbonyl (C=O) groups excluding carboxylic acids is 1. The van der Waals surface area contributed by atoms with Gasteiger partial charge in [-0.1, -0.05) is 35.9 Å². The Bertz CT molecular complexity index is 1220. The number of aliphatic hydroxyl groups is 1. The summed E-state index contributed by atoms with van der Waals surface area (Å²) in [5.74, 6) is -0.348. The molecule has 10 heteroatoms. The van der Waals surface area contributed by atoms with E-state index in [9.17, 15) is 18.3 Å². The fourth-order valence-corrected chi connectivity index (χ4v) is 4.07. The normalized spacial score (nSPS) is 12.0. The van der Waals surface area contributed by atoms with Crippen molar-refractivity contribution in [2.45, 2.75) is 37.3 Å². The Morgan fingerprint density at radius 3 is 2.61 bits per heavy atom. The number of primary sulfonamides is 1. The first-order valence-electron chi connectivity index (χ1n) is 9.38. The first kappa shape index (κ1) is 23.0. The van der Waals surface area contributed by atoms with Crippen molar-refractivity contribution >= 4 is 33.2 Å². The molecule has 1 heterocycles. The molecule has 0 spiro atoms. The number of aromatic nitrogens is 2. The lowest BCUT2D eigenvalue weighted by Crippen LogP contribution is -2.26.